The number of amides is 2. The molecule has 2 amide bonds. The first kappa shape index (κ1) is 12.9. The molecule has 2 aliphatic rings. The number of benzene rings is 1. The van der Waals surface area contributed by atoms with Gasteiger partial charge in [0.15, 0.2) is 6.61 Å². The van der Waals surface area contributed by atoms with Gasteiger partial charge in [-0.1, -0.05) is 0 Å². The number of fused-ring (bicyclic) bond motifs is 1. The van der Waals surface area contributed by atoms with E-state index in [4.69, 9.17) is 4.74 Å². The number of anilines is 1. The molecule has 1 aromatic carbocycles. The molecule has 0 spiro atoms. The number of hydrogen-bond acceptors (Lipinski definition) is 4. The first-order chi connectivity index (χ1) is 9.63. The number of nitrogens with one attached hydrogen (secondary N) is 1. The van der Waals surface area contributed by atoms with Gasteiger partial charge in [0.05, 0.1) is 5.69 Å². The lowest BCUT2D eigenvalue weighted by atomic mass is 10.1. The number of hydrogen-bond donors (Lipinski definition) is 1. The van der Waals surface area contributed by atoms with Crippen LogP contribution in [0.25, 0.3) is 0 Å². The van der Waals surface area contributed by atoms with Crippen molar-refractivity contribution < 1.29 is 14.3 Å². The minimum absolute atomic E-state index is 0.000669. The maximum atomic E-state index is 12.4. The monoisotopic (exact) mass is 275 g/mol. The lowest BCUT2D eigenvalue weighted by Gasteiger charge is -2.32. The smallest absolute Gasteiger partial charge is 0.262 e. The Bertz CT molecular complexity index is 551. The largest absolute Gasteiger partial charge is 0.482 e. The molecule has 1 aromatic rings. The predicted octanol–water partition coefficient (Wildman–Crippen LogP) is 0.405. The van der Waals surface area contributed by atoms with Gasteiger partial charge in [-0.15, -0.1) is 0 Å². The Morgan fingerprint density at radius 3 is 2.75 bits per heavy atom. The SMILES string of the molecule is CN1CCN(C(=O)c2ccc3c(c2)NC(=O)CO3)CC1. The molecule has 106 valence electrons. The highest BCUT2D eigenvalue weighted by Crippen LogP contribution is 2.28. The molecule has 0 bridgehead atoms. The summed E-state index contributed by atoms with van der Waals surface area (Å²) >= 11 is 0. The van der Waals surface area contributed by atoms with E-state index >= 15 is 0 Å². The first-order valence-electron chi connectivity index (χ1n) is 6.68. The van der Waals surface area contributed by atoms with Crippen LogP contribution in [-0.4, -0.2) is 61.4 Å². The molecule has 0 atom stereocenters. The maximum Gasteiger partial charge on any atom is 0.262 e. The van der Waals surface area contributed by atoms with E-state index in [0.717, 1.165) is 26.2 Å². The maximum absolute atomic E-state index is 12.4. The Morgan fingerprint density at radius 2 is 2.00 bits per heavy atom. The van der Waals surface area contributed by atoms with Gasteiger partial charge < -0.3 is 19.9 Å². The topological polar surface area (TPSA) is 61.9 Å². The van der Waals surface area contributed by atoms with E-state index in [0.29, 0.717) is 17.0 Å². The Labute approximate surface area is 117 Å². The van der Waals surface area contributed by atoms with Gasteiger partial charge in [0.25, 0.3) is 11.8 Å². The molecule has 1 N–H and O–H groups in total. The van der Waals surface area contributed by atoms with Crippen molar-refractivity contribution in [2.24, 2.45) is 0 Å². The number of piperazine rings is 1. The second-order valence-corrected chi connectivity index (χ2v) is 5.14. The fraction of sp³-hybridized carbons (Fsp3) is 0.429. The Balaban J connectivity index is 1.78. The Hall–Kier alpha value is -2.08. The molecule has 0 radical (unpaired) electrons. The molecule has 20 heavy (non-hydrogen) atoms. The molecule has 0 unspecified atom stereocenters. The van der Waals surface area contributed by atoms with E-state index in [1.807, 2.05) is 11.9 Å². The number of nitrogens with zero attached hydrogens (tertiary/aromatic N) is 2. The third-order valence-electron chi connectivity index (χ3n) is 3.65. The summed E-state index contributed by atoms with van der Waals surface area (Å²) in [5, 5.41) is 2.72. The number of ether oxygens (including phenoxy) is 1. The molecule has 0 aliphatic carbocycles. The van der Waals surface area contributed by atoms with Gasteiger partial charge in [0.1, 0.15) is 5.75 Å². The minimum atomic E-state index is -0.193. The fourth-order valence-corrected chi connectivity index (χ4v) is 2.41. The summed E-state index contributed by atoms with van der Waals surface area (Å²) in [7, 11) is 2.05. The van der Waals surface area contributed by atoms with E-state index in [2.05, 4.69) is 10.2 Å². The Kier molecular flexibility index (Phi) is 3.31. The molecule has 6 nitrogen and oxygen atoms in total. The van der Waals surface area contributed by atoms with Crippen molar-refractivity contribution in [1.29, 1.82) is 0 Å². The zero-order chi connectivity index (χ0) is 14.1. The van der Waals surface area contributed by atoms with Crippen LogP contribution in [0.1, 0.15) is 10.4 Å². The predicted molar refractivity (Wildman–Crippen MR) is 74.0 cm³/mol. The van der Waals surface area contributed by atoms with E-state index in [-0.39, 0.29) is 18.4 Å². The minimum Gasteiger partial charge on any atom is -0.482 e. The average Bonchev–Trinajstić information content (AvgIpc) is 2.46. The van der Waals surface area contributed by atoms with Crippen LogP contribution in [0, 0.1) is 0 Å². The molecule has 2 heterocycles. The van der Waals surface area contributed by atoms with E-state index in [9.17, 15) is 9.59 Å². The summed E-state index contributed by atoms with van der Waals surface area (Å²) in [6.07, 6.45) is 0. The highest BCUT2D eigenvalue weighted by atomic mass is 16.5. The number of carbonyl (C=O) groups excluding carboxylic acids is 2. The lowest BCUT2D eigenvalue weighted by Crippen LogP contribution is -2.47. The van der Waals surface area contributed by atoms with Gasteiger partial charge in [-0.2, -0.15) is 0 Å². The van der Waals surface area contributed by atoms with Gasteiger partial charge in [0.2, 0.25) is 0 Å². The van der Waals surface area contributed by atoms with Gasteiger partial charge in [-0.25, -0.2) is 0 Å². The highest BCUT2D eigenvalue weighted by molar-refractivity contribution is 5.99. The van der Waals surface area contributed by atoms with Crippen molar-refractivity contribution in [2.75, 3.05) is 45.2 Å². The zero-order valence-corrected chi connectivity index (χ0v) is 11.4. The molecular formula is C14H17N3O3. The summed E-state index contributed by atoms with van der Waals surface area (Å²) in [5.74, 6) is 0.418. The quantitative estimate of drug-likeness (QED) is 0.806. The van der Waals surface area contributed by atoms with Gasteiger partial charge in [0, 0.05) is 31.7 Å². The fourth-order valence-electron chi connectivity index (χ4n) is 2.41. The van der Waals surface area contributed by atoms with Crippen LogP contribution in [0.5, 0.6) is 5.75 Å². The van der Waals surface area contributed by atoms with Crippen LogP contribution in [0.2, 0.25) is 0 Å². The van der Waals surface area contributed by atoms with Crippen LogP contribution in [-0.2, 0) is 4.79 Å². The molecule has 2 aliphatic heterocycles. The highest BCUT2D eigenvalue weighted by Gasteiger charge is 2.23. The second-order valence-electron chi connectivity index (χ2n) is 5.14. The van der Waals surface area contributed by atoms with Crippen LogP contribution in [0.3, 0.4) is 0 Å². The zero-order valence-electron chi connectivity index (χ0n) is 11.4. The van der Waals surface area contributed by atoms with Crippen molar-refractivity contribution in [3.63, 3.8) is 0 Å². The molecule has 6 heteroatoms. The van der Waals surface area contributed by atoms with Crippen molar-refractivity contribution in [3.05, 3.63) is 23.8 Å². The lowest BCUT2D eigenvalue weighted by molar-refractivity contribution is -0.118. The van der Waals surface area contributed by atoms with Crippen LogP contribution < -0.4 is 10.1 Å². The van der Waals surface area contributed by atoms with Crippen LogP contribution in [0.15, 0.2) is 18.2 Å². The van der Waals surface area contributed by atoms with E-state index in [1.165, 1.54) is 0 Å². The van der Waals surface area contributed by atoms with E-state index < -0.39 is 0 Å². The van der Waals surface area contributed by atoms with Crippen LogP contribution >= 0.6 is 0 Å². The molecule has 0 saturated carbocycles. The van der Waals surface area contributed by atoms with Gasteiger partial charge >= 0.3 is 0 Å². The molecule has 1 fully saturated rings. The first-order valence-corrected chi connectivity index (χ1v) is 6.68. The summed E-state index contributed by atoms with van der Waals surface area (Å²) in [5.41, 5.74) is 1.15. The standard InChI is InChI=1S/C14H17N3O3/c1-16-4-6-17(7-5-16)14(19)10-2-3-12-11(8-10)15-13(18)9-20-12/h2-3,8H,4-7,9H2,1H3,(H,15,18). The summed E-state index contributed by atoms with van der Waals surface area (Å²) in [4.78, 5) is 27.8. The van der Waals surface area contributed by atoms with Crippen molar-refractivity contribution in [3.8, 4) is 5.75 Å². The Morgan fingerprint density at radius 1 is 1.25 bits per heavy atom. The van der Waals surface area contributed by atoms with E-state index in [1.54, 1.807) is 18.2 Å². The number of rotatable bonds is 1. The van der Waals surface area contributed by atoms with Crippen molar-refractivity contribution >= 4 is 17.5 Å². The second kappa shape index (κ2) is 5.13. The molecule has 0 aromatic heterocycles. The third kappa shape index (κ3) is 2.46. The molecule has 3 rings (SSSR count). The van der Waals surface area contributed by atoms with Crippen LogP contribution in [0.4, 0.5) is 5.69 Å². The number of carbonyl (C=O) groups is 2. The third-order valence-corrected chi connectivity index (χ3v) is 3.65. The summed E-state index contributed by atoms with van der Waals surface area (Å²) in [6.45, 7) is 3.26. The average molecular weight is 275 g/mol. The number of likely N-dealkylation sites (N-methyl/N-ethyl adjacent to an activating group) is 1. The normalized spacial score (nSPS) is 19.1. The summed E-state index contributed by atoms with van der Waals surface area (Å²) in [6, 6.07) is 5.17. The molecular weight excluding hydrogens is 258 g/mol. The van der Waals surface area contributed by atoms with Crippen molar-refractivity contribution in [1.82, 2.24) is 9.80 Å². The van der Waals surface area contributed by atoms with Gasteiger partial charge in [-0.05, 0) is 25.2 Å². The summed E-state index contributed by atoms with van der Waals surface area (Å²) < 4.78 is 5.29. The van der Waals surface area contributed by atoms with Crippen molar-refractivity contribution in [2.45, 2.75) is 0 Å². The van der Waals surface area contributed by atoms with Gasteiger partial charge in [-0.3, -0.25) is 9.59 Å². The molecule has 1 saturated heterocycles.